The normalized spacial score (nSPS) is 29.9. The highest BCUT2D eigenvalue weighted by Gasteiger charge is 2.33. The van der Waals surface area contributed by atoms with Gasteiger partial charge in [-0.05, 0) is 25.3 Å². The average Bonchev–Trinajstić information content (AvgIpc) is 2.81. The van der Waals surface area contributed by atoms with Crippen LogP contribution in [-0.2, 0) is 9.53 Å². The quantitative estimate of drug-likeness (QED) is 0.796. The van der Waals surface area contributed by atoms with E-state index in [1.165, 1.54) is 0 Å². The molecule has 0 aliphatic carbocycles. The number of carbonyl (C=O) groups excluding carboxylic acids is 1. The van der Waals surface area contributed by atoms with Crippen LogP contribution in [0.3, 0.4) is 0 Å². The molecule has 2 aliphatic heterocycles. The number of amides is 1. The lowest BCUT2D eigenvalue weighted by Crippen LogP contribution is -2.51. The molecule has 4 nitrogen and oxygen atoms in total. The van der Waals surface area contributed by atoms with Crippen LogP contribution < -0.4 is 5.32 Å². The summed E-state index contributed by atoms with van der Waals surface area (Å²) in [4.78, 5) is 14.5. The van der Waals surface area contributed by atoms with E-state index < -0.39 is 0 Å². The number of nitrogens with one attached hydrogen (secondary N) is 1. The molecule has 17 heavy (non-hydrogen) atoms. The number of hydrogen-bond donors (Lipinski definition) is 1. The van der Waals surface area contributed by atoms with Gasteiger partial charge in [0, 0.05) is 13.1 Å². The second-order valence-corrected chi connectivity index (χ2v) is 5.58. The molecule has 98 valence electrons. The first-order valence-electron chi connectivity index (χ1n) is 6.77. The Labute approximate surface area is 104 Å². The molecular weight excluding hydrogens is 216 g/mol. The average molecular weight is 240 g/mol. The Morgan fingerprint density at radius 2 is 2.35 bits per heavy atom. The van der Waals surface area contributed by atoms with Gasteiger partial charge in [0.1, 0.15) is 0 Å². The van der Waals surface area contributed by atoms with Crippen LogP contribution in [0.4, 0.5) is 0 Å². The van der Waals surface area contributed by atoms with E-state index in [1.807, 2.05) is 0 Å². The SMILES string of the molecule is CC(C)CC1COCCN1C(=O)C1CCNC1. The molecule has 0 spiro atoms. The van der Waals surface area contributed by atoms with Crippen LogP contribution >= 0.6 is 0 Å². The van der Waals surface area contributed by atoms with Crippen molar-refractivity contribution in [3.05, 3.63) is 0 Å². The van der Waals surface area contributed by atoms with E-state index in [0.717, 1.165) is 32.5 Å². The third-order valence-electron chi connectivity index (χ3n) is 3.66. The topological polar surface area (TPSA) is 41.6 Å². The van der Waals surface area contributed by atoms with Gasteiger partial charge in [0.2, 0.25) is 5.91 Å². The zero-order chi connectivity index (χ0) is 12.3. The first kappa shape index (κ1) is 12.8. The van der Waals surface area contributed by atoms with Gasteiger partial charge in [-0.1, -0.05) is 13.8 Å². The summed E-state index contributed by atoms with van der Waals surface area (Å²) in [5, 5.41) is 3.27. The van der Waals surface area contributed by atoms with Crippen molar-refractivity contribution >= 4 is 5.91 Å². The molecule has 1 amide bonds. The van der Waals surface area contributed by atoms with E-state index in [-0.39, 0.29) is 12.0 Å². The molecule has 0 radical (unpaired) electrons. The Morgan fingerprint density at radius 3 is 3.00 bits per heavy atom. The molecule has 0 aromatic rings. The third kappa shape index (κ3) is 3.19. The maximum Gasteiger partial charge on any atom is 0.227 e. The number of rotatable bonds is 3. The Kier molecular flexibility index (Phi) is 4.40. The molecule has 0 saturated carbocycles. The first-order chi connectivity index (χ1) is 8.18. The zero-order valence-corrected chi connectivity index (χ0v) is 10.9. The monoisotopic (exact) mass is 240 g/mol. The predicted octanol–water partition coefficient (Wildman–Crippen LogP) is 0.869. The van der Waals surface area contributed by atoms with Crippen LogP contribution in [0.25, 0.3) is 0 Å². The number of nitrogens with zero attached hydrogens (tertiary/aromatic N) is 1. The van der Waals surface area contributed by atoms with E-state index in [2.05, 4.69) is 24.1 Å². The number of carbonyl (C=O) groups is 1. The Balaban J connectivity index is 1.97. The number of hydrogen-bond acceptors (Lipinski definition) is 3. The summed E-state index contributed by atoms with van der Waals surface area (Å²) in [5.74, 6) is 1.14. The third-order valence-corrected chi connectivity index (χ3v) is 3.66. The minimum absolute atomic E-state index is 0.197. The van der Waals surface area contributed by atoms with Crippen molar-refractivity contribution < 1.29 is 9.53 Å². The molecule has 0 aromatic heterocycles. The number of ether oxygens (including phenoxy) is 1. The van der Waals surface area contributed by atoms with E-state index >= 15 is 0 Å². The maximum atomic E-state index is 12.4. The molecule has 0 aromatic carbocycles. The number of morpholine rings is 1. The lowest BCUT2D eigenvalue weighted by atomic mass is 9.99. The lowest BCUT2D eigenvalue weighted by Gasteiger charge is -2.38. The van der Waals surface area contributed by atoms with Gasteiger partial charge in [0.05, 0.1) is 25.2 Å². The summed E-state index contributed by atoms with van der Waals surface area (Å²) in [7, 11) is 0. The summed E-state index contributed by atoms with van der Waals surface area (Å²) in [6, 6.07) is 0.289. The van der Waals surface area contributed by atoms with Crippen LogP contribution in [0.15, 0.2) is 0 Å². The fourth-order valence-corrected chi connectivity index (χ4v) is 2.78. The molecular formula is C13H24N2O2. The van der Waals surface area contributed by atoms with Crippen molar-refractivity contribution in [2.24, 2.45) is 11.8 Å². The van der Waals surface area contributed by atoms with Crippen LogP contribution in [0.1, 0.15) is 26.7 Å². The largest absolute Gasteiger partial charge is 0.377 e. The first-order valence-corrected chi connectivity index (χ1v) is 6.77. The van der Waals surface area contributed by atoms with Crippen molar-refractivity contribution in [3.8, 4) is 0 Å². The minimum Gasteiger partial charge on any atom is -0.377 e. The van der Waals surface area contributed by atoms with Crippen LogP contribution in [0.2, 0.25) is 0 Å². The molecule has 2 fully saturated rings. The molecule has 2 heterocycles. The van der Waals surface area contributed by atoms with E-state index in [4.69, 9.17) is 4.74 Å². The maximum absolute atomic E-state index is 12.4. The van der Waals surface area contributed by atoms with Gasteiger partial charge in [-0.3, -0.25) is 4.79 Å². The van der Waals surface area contributed by atoms with E-state index in [0.29, 0.717) is 25.0 Å². The van der Waals surface area contributed by atoms with Gasteiger partial charge in [-0.15, -0.1) is 0 Å². The molecule has 2 unspecified atom stereocenters. The molecule has 2 atom stereocenters. The summed E-state index contributed by atoms with van der Waals surface area (Å²) in [6.45, 7) is 8.42. The van der Waals surface area contributed by atoms with Crippen LogP contribution in [-0.4, -0.2) is 49.7 Å². The van der Waals surface area contributed by atoms with E-state index in [9.17, 15) is 4.79 Å². The highest BCUT2D eigenvalue weighted by atomic mass is 16.5. The van der Waals surface area contributed by atoms with Crippen LogP contribution in [0, 0.1) is 11.8 Å². The molecule has 1 N–H and O–H groups in total. The zero-order valence-electron chi connectivity index (χ0n) is 10.9. The molecule has 4 heteroatoms. The molecule has 2 rings (SSSR count). The summed E-state index contributed by atoms with van der Waals surface area (Å²) in [6.07, 6.45) is 2.04. The van der Waals surface area contributed by atoms with Crippen molar-refractivity contribution in [3.63, 3.8) is 0 Å². The van der Waals surface area contributed by atoms with Crippen molar-refractivity contribution in [2.45, 2.75) is 32.7 Å². The van der Waals surface area contributed by atoms with Crippen molar-refractivity contribution in [2.75, 3.05) is 32.8 Å². The Hall–Kier alpha value is -0.610. The highest BCUT2D eigenvalue weighted by molar-refractivity contribution is 5.79. The minimum atomic E-state index is 0.197. The van der Waals surface area contributed by atoms with Gasteiger partial charge < -0.3 is 15.0 Å². The summed E-state index contributed by atoms with van der Waals surface area (Å²) < 4.78 is 5.52. The Bertz CT molecular complexity index is 262. The standard InChI is InChI=1S/C13H24N2O2/c1-10(2)7-12-9-17-6-5-15(12)13(16)11-3-4-14-8-11/h10-12,14H,3-9H2,1-2H3. The molecule has 0 bridgehead atoms. The van der Waals surface area contributed by atoms with Crippen molar-refractivity contribution in [1.82, 2.24) is 10.2 Å². The van der Waals surface area contributed by atoms with Crippen LogP contribution in [0.5, 0.6) is 0 Å². The second-order valence-electron chi connectivity index (χ2n) is 5.58. The highest BCUT2D eigenvalue weighted by Crippen LogP contribution is 2.20. The second kappa shape index (κ2) is 5.83. The van der Waals surface area contributed by atoms with Gasteiger partial charge in [-0.2, -0.15) is 0 Å². The fourth-order valence-electron chi connectivity index (χ4n) is 2.78. The van der Waals surface area contributed by atoms with Crippen molar-refractivity contribution in [1.29, 1.82) is 0 Å². The van der Waals surface area contributed by atoms with Gasteiger partial charge in [0.15, 0.2) is 0 Å². The smallest absolute Gasteiger partial charge is 0.227 e. The van der Waals surface area contributed by atoms with Gasteiger partial charge in [0.25, 0.3) is 0 Å². The molecule has 2 saturated heterocycles. The molecule has 2 aliphatic rings. The summed E-state index contributed by atoms with van der Waals surface area (Å²) in [5.41, 5.74) is 0. The van der Waals surface area contributed by atoms with Gasteiger partial charge in [-0.25, -0.2) is 0 Å². The van der Waals surface area contributed by atoms with Gasteiger partial charge >= 0.3 is 0 Å². The fraction of sp³-hybridized carbons (Fsp3) is 0.923. The Morgan fingerprint density at radius 1 is 1.53 bits per heavy atom. The van der Waals surface area contributed by atoms with E-state index in [1.54, 1.807) is 0 Å². The predicted molar refractivity (Wildman–Crippen MR) is 66.8 cm³/mol. The lowest BCUT2D eigenvalue weighted by molar-refractivity contribution is -0.144. The summed E-state index contributed by atoms with van der Waals surface area (Å²) >= 11 is 0.